The molecule has 0 saturated carbocycles. The predicted molar refractivity (Wildman–Crippen MR) is 77.7 cm³/mol. The molecular formula is C16H23NO. The van der Waals surface area contributed by atoms with Gasteiger partial charge in [0.05, 0.1) is 0 Å². The van der Waals surface area contributed by atoms with Crippen molar-refractivity contribution in [2.24, 2.45) is 0 Å². The van der Waals surface area contributed by atoms with E-state index in [-0.39, 0.29) is 0 Å². The van der Waals surface area contributed by atoms with E-state index < -0.39 is 0 Å². The van der Waals surface area contributed by atoms with E-state index >= 15 is 0 Å². The van der Waals surface area contributed by atoms with Crippen molar-refractivity contribution in [3.63, 3.8) is 0 Å². The van der Waals surface area contributed by atoms with Crippen LogP contribution in [-0.4, -0.2) is 11.0 Å². The van der Waals surface area contributed by atoms with Crippen LogP contribution < -0.4 is 0 Å². The van der Waals surface area contributed by atoms with Crippen LogP contribution in [0.4, 0.5) is 0 Å². The first-order valence-corrected chi connectivity index (χ1v) is 6.80. The summed E-state index contributed by atoms with van der Waals surface area (Å²) in [5.41, 5.74) is 1.04. The van der Waals surface area contributed by atoms with Gasteiger partial charge in [0.1, 0.15) is 0 Å². The quantitative estimate of drug-likeness (QED) is 0.220. The second-order valence-corrected chi connectivity index (χ2v) is 4.49. The third-order valence-electron chi connectivity index (χ3n) is 2.79. The molecule has 0 atom stereocenters. The Balaban J connectivity index is 2.23. The van der Waals surface area contributed by atoms with Gasteiger partial charge in [-0.3, -0.25) is 0 Å². The fraction of sp³-hybridized carbons (Fsp3) is 0.438. The second kappa shape index (κ2) is 9.46. The fourth-order valence-electron chi connectivity index (χ4n) is 1.76. The van der Waals surface area contributed by atoms with Gasteiger partial charge in [0.2, 0.25) is 0 Å². The molecule has 2 heteroatoms. The van der Waals surface area contributed by atoms with Gasteiger partial charge in [-0.1, -0.05) is 62.6 Å². The van der Waals surface area contributed by atoms with Crippen LogP contribution >= 0.6 is 0 Å². The molecule has 0 heterocycles. The van der Waals surface area contributed by atoms with E-state index in [1.54, 1.807) is 6.21 Å². The van der Waals surface area contributed by atoms with Gasteiger partial charge < -0.3 is 5.21 Å². The van der Waals surface area contributed by atoms with Gasteiger partial charge in [0, 0.05) is 5.56 Å². The van der Waals surface area contributed by atoms with Crippen molar-refractivity contribution >= 4 is 6.21 Å². The molecule has 98 valence electrons. The maximum atomic E-state index is 11.6. The molecule has 18 heavy (non-hydrogen) atoms. The van der Waals surface area contributed by atoms with Crippen molar-refractivity contribution in [1.82, 2.24) is 0 Å². The van der Waals surface area contributed by atoms with E-state index in [0.717, 1.165) is 16.7 Å². The molecule has 2 nitrogen and oxygen atoms in total. The SMILES string of the molecule is CCCCCCC=CC=[N+]([O-])Cc1ccccc1. The third-order valence-corrected chi connectivity index (χ3v) is 2.79. The molecule has 0 amide bonds. The van der Waals surface area contributed by atoms with Crippen molar-refractivity contribution in [1.29, 1.82) is 0 Å². The Labute approximate surface area is 110 Å². The van der Waals surface area contributed by atoms with E-state index in [2.05, 4.69) is 13.0 Å². The number of nitrogens with zero attached hydrogens (tertiary/aromatic N) is 1. The summed E-state index contributed by atoms with van der Waals surface area (Å²) in [6.45, 7) is 2.63. The number of hydrogen-bond acceptors (Lipinski definition) is 1. The molecule has 0 fully saturated rings. The maximum Gasteiger partial charge on any atom is 0.178 e. The minimum Gasteiger partial charge on any atom is -0.624 e. The number of hydroxylamine groups is 1. The lowest BCUT2D eigenvalue weighted by molar-refractivity contribution is -0.469. The minimum absolute atomic E-state index is 0.418. The lowest BCUT2D eigenvalue weighted by Crippen LogP contribution is -2.03. The molecule has 0 N–H and O–H groups in total. The Hall–Kier alpha value is -1.57. The van der Waals surface area contributed by atoms with Crippen molar-refractivity contribution in [3.8, 4) is 0 Å². The molecule has 0 aliphatic rings. The molecule has 0 aliphatic carbocycles. The molecule has 1 aromatic carbocycles. The Morgan fingerprint density at radius 2 is 1.89 bits per heavy atom. The lowest BCUT2D eigenvalue weighted by atomic mass is 10.1. The van der Waals surface area contributed by atoms with Crippen LogP contribution in [0.25, 0.3) is 0 Å². The van der Waals surface area contributed by atoms with E-state index in [4.69, 9.17) is 0 Å². The van der Waals surface area contributed by atoms with Crippen LogP contribution in [0.1, 0.15) is 44.6 Å². The highest BCUT2D eigenvalue weighted by Crippen LogP contribution is 2.02. The van der Waals surface area contributed by atoms with Crippen LogP contribution in [0.2, 0.25) is 0 Å². The van der Waals surface area contributed by atoms with Crippen LogP contribution in [0.15, 0.2) is 42.5 Å². The van der Waals surface area contributed by atoms with Gasteiger partial charge in [-0.15, -0.1) is 0 Å². The van der Waals surface area contributed by atoms with Gasteiger partial charge >= 0.3 is 0 Å². The number of hydrogen-bond donors (Lipinski definition) is 0. The normalized spacial score (nSPS) is 12.2. The standard InChI is InChI=1S/C16H23NO/c1-2-3-4-5-6-7-11-14-17(18)15-16-12-9-8-10-13-16/h7-14H,2-6,15H2,1H3. The molecule has 0 saturated heterocycles. The van der Waals surface area contributed by atoms with E-state index in [1.807, 2.05) is 36.4 Å². The van der Waals surface area contributed by atoms with E-state index in [9.17, 15) is 5.21 Å². The Morgan fingerprint density at radius 1 is 1.11 bits per heavy atom. The molecule has 0 unspecified atom stereocenters. The number of rotatable bonds is 8. The van der Waals surface area contributed by atoms with Crippen LogP contribution in [0, 0.1) is 5.21 Å². The van der Waals surface area contributed by atoms with Gasteiger partial charge in [-0.2, -0.15) is 0 Å². The van der Waals surface area contributed by atoms with E-state index in [1.165, 1.54) is 25.7 Å². The monoisotopic (exact) mass is 245 g/mol. The smallest absolute Gasteiger partial charge is 0.178 e. The lowest BCUT2D eigenvalue weighted by Gasteiger charge is -2.02. The molecule has 1 rings (SSSR count). The average molecular weight is 245 g/mol. The van der Waals surface area contributed by atoms with Gasteiger partial charge in [-0.05, 0) is 18.9 Å². The summed E-state index contributed by atoms with van der Waals surface area (Å²) in [6, 6.07) is 9.79. The summed E-state index contributed by atoms with van der Waals surface area (Å²) in [5.74, 6) is 0. The molecule has 0 bridgehead atoms. The van der Waals surface area contributed by atoms with Crippen LogP contribution in [-0.2, 0) is 6.54 Å². The highest BCUT2D eigenvalue weighted by molar-refractivity contribution is 5.66. The molecule has 0 aromatic heterocycles. The first-order chi connectivity index (χ1) is 8.83. The topological polar surface area (TPSA) is 26.1 Å². The van der Waals surface area contributed by atoms with E-state index in [0.29, 0.717) is 6.54 Å². The molecule has 1 aromatic rings. The molecule has 0 radical (unpaired) electrons. The largest absolute Gasteiger partial charge is 0.624 e. The number of benzene rings is 1. The zero-order valence-corrected chi connectivity index (χ0v) is 11.2. The number of unbranched alkanes of at least 4 members (excludes halogenated alkanes) is 4. The zero-order chi connectivity index (χ0) is 13.1. The maximum absolute atomic E-state index is 11.6. The summed E-state index contributed by atoms with van der Waals surface area (Å²) >= 11 is 0. The minimum atomic E-state index is 0.418. The van der Waals surface area contributed by atoms with Gasteiger partial charge in [-0.25, -0.2) is 4.74 Å². The van der Waals surface area contributed by atoms with Crippen LogP contribution in [0.5, 0.6) is 0 Å². The van der Waals surface area contributed by atoms with Crippen molar-refractivity contribution in [2.75, 3.05) is 0 Å². The summed E-state index contributed by atoms with van der Waals surface area (Å²) in [5, 5.41) is 11.6. The highest BCUT2D eigenvalue weighted by Gasteiger charge is 1.94. The molecule has 0 spiro atoms. The first kappa shape index (κ1) is 14.5. The predicted octanol–water partition coefficient (Wildman–Crippen LogP) is 4.29. The van der Waals surface area contributed by atoms with Crippen molar-refractivity contribution in [3.05, 3.63) is 53.3 Å². The molecule has 0 aliphatic heterocycles. The van der Waals surface area contributed by atoms with Crippen LogP contribution in [0.3, 0.4) is 0 Å². The first-order valence-electron chi connectivity index (χ1n) is 6.80. The van der Waals surface area contributed by atoms with Crippen molar-refractivity contribution < 1.29 is 4.74 Å². The zero-order valence-electron chi connectivity index (χ0n) is 11.2. The Bertz CT molecular complexity index is 368. The third kappa shape index (κ3) is 6.89. The van der Waals surface area contributed by atoms with Crippen molar-refractivity contribution in [2.45, 2.75) is 45.6 Å². The average Bonchev–Trinajstić information content (AvgIpc) is 2.39. The summed E-state index contributed by atoms with van der Waals surface area (Å²) in [7, 11) is 0. The second-order valence-electron chi connectivity index (χ2n) is 4.49. The fourth-order valence-corrected chi connectivity index (χ4v) is 1.76. The highest BCUT2D eigenvalue weighted by atomic mass is 16.5. The molecular weight excluding hydrogens is 222 g/mol. The van der Waals surface area contributed by atoms with Gasteiger partial charge in [0.15, 0.2) is 12.8 Å². The summed E-state index contributed by atoms with van der Waals surface area (Å²) in [4.78, 5) is 0. The Kier molecular flexibility index (Phi) is 7.61. The summed E-state index contributed by atoms with van der Waals surface area (Å²) in [6.07, 6.45) is 11.7. The van der Waals surface area contributed by atoms with Gasteiger partial charge in [0.25, 0.3) is 0 Å². The Morgan fingerprint density at radius 3 is 2.61 bits per heavy atom. The number of allylic oxidation sites excluding steroid dienone is 2. The summed E-state index contributed by atoms with van der Waals surface area (Å²) < 4.78 is 0.970.